The summed E-state index contributed by atoms with van der Waals surface area (Å²) in [7, 11) is 0. The average Bonchev–Trinajstić information content (AvgIpc) is 2.93. The van der Waals surface area contributed by atoms with Crippen LogP contribution in [-0.4, -0.2) is 16.0 Å². The fourth-order valence-electron chi connectivity index (χ4n) is 3.68. The Morgan fingerprint density at radius 3 is 2.00 bits per heavy atom. The number of benzene rings is 2. The molecule has 0 saturated carbocycles. The van der Waals surface area contributed by atoms with Gasteiger partial charge in [0.05, 0.1) is 5.41 Å². The maximum absolute atomic E-state index is 12.8. The van der Waals surface area contributed by atoms with Gasteiger partial charge in [0.1, 0.15) is 0 Å². The Morgan fingerprint density at radius 1 is 0.850 bits per heavy atom. The van der Waals surface area contributed by atoms with Crippen LogP contribution in [0.2, 0.25) is 0 Å². The van der Waals surface area contributed by atoms with Crippen LogP contribution < -0.4 is 0 Å². The molecule has 0 amide bonds. The molecule has 0 saturated heterocycles. The molecule has 0 aliphatic heterocycles. The van der Waals surface area contributed by atoms with E-state index in [1.165, 1.54) is 0 Å². The van der Waals surface area contributed by atoms with E-state index in [2.05, 4.69) is 0 Å². The van der Waals surface area contributed by atoms with Crippen molar-refractivity contribution in [3.05, 3.63) is 70.8 Å². The first kappa shape index (κ1) is 11.8. The van der Waals surface area contributed by atoms with Crippen LogP contribution in [-0.2, 0) is 18.6 Å². The highest BCUT2D eigenvalue weighted by Gasteiger charge is 2.64. The van der Waals surface area contributed by atoms with Crippen LogP contribution in [0.1, 0.15) is 27.0 Å². The monoisotopic (exact) mass is 266 g/mol. The molecule has 0 bridgehead atoms. The number of rotatable bonds is 0. The van der Waals surface area contributed by atoms with Crippen molar-refractivity contribution in [1.29, 1.82) is 0 Å². The van der Waals surface area contributed by atoms with Gasteiger partial charge in [-0.1, -0.05) is 48.5 Å². The molecule has 2 aromatic rings. The summed E-state index contributed by atoms with van der Waals surface area (Å²) in [6.45, 7) is 0. The lowest BCUT2D eigenvalue weighted by Crippen LogP contribution is -2.46. The van der Waals surface area contributed by atoms with Gasteiger partial charge in [-0.2, -0.15) is 0 Å². The third kappa shape index (κ3) is 1.20. The Kier molecular flexibility index (Phi) is 2.11. The molecule has 1 spiro atoms. The highest BCUT2D eigenvalue weighted by atomic mass is 16.5. The van der Waals surface area contributed by atoms with Gasteiger partial charge >= 0.3 is 0 Å². The van der Waals surface area contributed by atoms with Gasteiger partial charge in [-0.25, -0.2) is 0 Å². The van der Waals surface area contributed by atoms with Gasteiger partial charge in [-0.3, -0.25) is 4.79 Å². The second kappa shape index (κ2) is 3.57. The molecule has 100 valence electrons. The second-order valence-corrected chi connectivity index (χ2v) is 5.75. The molecule has 4 rings (SSSR count). The number of hydrogen-bond acceptors (Lipinski definition) is 3. The van der Waals surface area contributed by atoms with Crippen molar-refractivity contribution in [1.82, 2.24) is 0 Å². The lowest BCUT2D eigenvalue weighted by Gasteiger charge is -2.33. The van der Waals surface area contributed by atoms with Gasteiger partial charge < -0.3 is 10.2 Å². The molecule has 0 fully saturated rings. The molecule has 2 N–H and O–H groups in total. The van der Waals surface area contributed by atoms with Gasteiger partial charge in [0.15, 0.2) is 5.78 Å². The molecule has 0 atom stereocenters. The summed E-state index contributed by atoms with van der Waals surface area (Å²) < 4.78 is 0. The van der Waals surface area contributed by atoms with E-state index in [1.807, 2.05) is 24.3 Å². The second-order valence-electron chi connectivity index (χ2n) is 5.75. The lowest BCUT2D eigenvalue weighted by atomic mass is 9.76. The molecule has 2 aromatic carbocycles. The summed E-state index contributed by atoms with van der Waals surface area (Å²) in [5.41, 5.74) is 1.66. The smallest absolute Gasteiger partial charge is 0.204 e. The molecule has 0 radical (unpaired) electrons. The third-order valence-corrected chi connectivity index (χ3v) is 4.75. The van der Waals surface area contributed by atoms with Crippen LogP contribution in [0.4, 0.5) is 0 Å². The highest BCUT2D eigenvalue weighted by Crippen LogP contribution is 2.55. The number of ketones is 1. The first-order valence-corrected chi connectivity index (χ1v) is 6.72. The summed E-state index contributed by atoms with van der Waals surface area (Å²) in [6.07, 6.45) is 0.757. The molecule has 2 aliphatic carbocycles. The lowest BCUT2D eigenvalue weighted by molar-refractivity contribution is -0.227. The van der Waals surface area contributed by atoms with Crippen LogP contribution in [0.5, 0.6) is 0 Å². The van der Waals surface area contributed by atoms with E-state index in [-0.39, 0.29) is 5.78 Å². The molecule has 3 nitrogen and oxygen atoms in total. The van der Waals surface area contributed by atoms with E-state index in [4.69, 9.17) is 0 Å². The van der Waals surface area contributed by atoms with Gasteiger partial charge in [0.2, 0.25) is 5.79 Å². The molecule has 0 unspecified atom stereocenters. The number of fused-ring (bicyclic) bond motifs is 2. The summed E-state index contributed by atoms with van der Waals surface area (Å²) in [6, 6.07) is 14.5. The third-order valence-electron chi connectivity index (χ3n) is 4.75. The average molecular weight is 266 g/mol. The maximum Gasteiger partial charge on any atom is 0.204 e. The normalized spacial score (nSPS) is 21.0. The van der Waals surface area contributed by atoms with Gasteiger partial charge in [-0.05, 0) is 24.0 Å². The summed E-state index contributed by atoms with van der Waals surface area (Å²) >= 11 is 0. The van der Waals surface area contributed by atoms with E-state index in [0.29, 0.717) is 24.0 Å². The van der Waals surface area contributed by atoms with Crippen molar-refractivity contribution in [2.24, 2.45) is 5.41 Å². The summed E-state index contributed by atoms with van der Waals surface area (Å²) in [4.78, 5) is 12.8. The van der Waals surface area contributed by atoms with Crippen molar-refractivity contribution < 1.29 is 15.0 Å². The Bertz CT molecular complexity index is 706. The van der Waals surface area contributed by atoms with Crippen LogP contribution >= 0.6 is 0 Å². The standard InChI is InChI=1S/C17H14O3/c18-15-13-7-3-4-8-14(13)17(19,20)16(15)9-11-5-1-2-6-12(11)10-16/h1-8,19-20H,9-10H2. The Morgan fingerprint density at radius 2 is 1.40 bits per heavy atom. The molecular formula is C17H14O3. The van der Waals surface area contributed by atoms with Gasteiger partial charge in [0.25, 0.3) is 0 Å². The first-order valence-electron chi connectivity index (χ1n) is 6.72. The SMILES string of the molecule is O=C1c2ccccc2C(O)(O)C12Cc1ccccc1C2. The molecule has 0 heterocycles. The highest BCUT2D eigenvalue weighted by molar-refractivity contribution is 6.07. The zero-order valence-electron chi connectivity index (χ0n) is 10.8. The zero-order chi connectivity index (χ0) is 14.0. The Labute approximate surface area is 116 Å². The minimum Gasteiger partial charge on any atom is -0.361 e. The fraction of sp³-hybridized carbons (Fsp3) is 0.235. The minimum atomic E-state index is -2.10. The molecule has 3 heteroatoms. The van der Waals surface area contributed by atoms with Crippen molar-refractivity contribution in [2.75, 3.05) is 0 Å². The van der Waals surface area contributed by atoms with Crippen molar-refractivity contribution >= 4 is 5.78 Å². The Hall–Kier alpha value is -1.97. The van der Waals surface area contributed by atoms with E-state index in [9.17, 15) is 15.0 Å². The molecular weight excluding hydrogens is 252 g/mol. The van der Waals surface area contributed by atoms with E-state index < -0.39 is 11.2 Å². The maximum atomic E-state index is 12.8. The van der Waals surface area contributed by atoms with Gasteiger partial charge in [-0.15, -0.1) is 0 Å². The zero-order valence-corrected chi connectivity index (χ0v) is 10.8. The number of carbonyl (C=O) groups is 1. The number of aliphatic hydroxyl groups is 2. The topological polar surface area (TPSA) is 57.5 Å². The minimum absolute atomic E-state index is 0.158. The predicted octanol–water partition coefficient (Wildman–Crippen LogP) is 1.81. The molecule has 0 aromatic heterocycles. The predicted molar refractivity (Wildman–Crippen MR) is 73.2 cm³/mol. The van der Waals surface area contributed by atoms with E-state index in [0.717, 1.165) is 11.1 Å². The number of carbonyl (C=O) groups excluding carboxylic acids is 1. The van der Waals surface area contributed by atoms with Crippen molar-refractivity contribution in [2.45, 2.75) is 18.6 Å². The molecule has 20 heavy (non-hydrogen) atoms. The Balaban J connectivity index is 1.92. The van der Waals surface area contributed by atoms with E-state index >= 15 is 0 Å². The fourth-order valence-corrected chi connectivity index (χ4v) is 3.68. The van der Waals surface area contributed by atoms with Crippen LogP contribution in [0.25, 0.3) is 0 Å². The summed E-state index contributed by atoms with van der Waals surface area (Å²) in [5, 5.41) is 21.3. The molecule has 2 aliphatic rings. The van der Waals surface area contributed by atoms with Gasteiger partial charge in [0, 0.05) is 11.1 Å². The van der Waals surface area contributed by atoms with Crippen molar-refractivity contribution in [3.8, 4) is 0 Å². The van der Waals surface area contributed by atoms with Crippen LogP contribution in [0, 0.1) is 5.41 Å². The van der Waals surface area contributed by atoms with Crippen molar-refractivity contribution in [3.63, 3.8) is 0 Å². The number of Topliss-reactive ketones (excluding diaryl/α,β-unsaturated/α-hetero) is 1. The summed E-state index contributed by atoms with van der Waals surface area (Å²) in [5.74, 6) is -2.26. The van der Waals surface area contributed by atoms with E-state index in [1.54, 1.807) is 24.3 Å². The largest absolute Gasteiger partial charge is 0.361 e. The van der Waals surface area contributed by atoms with Crippen LogP contribution in [0.15, 0.2) is 48.5 Å². The quantitative estimate of drug-likeness (QED) is 0.715. The number of hydrogen-bond donors (Lipinski definition) is 2. The first-order chi connectivity index (χ1) is 9.56. The van der Waals surface area contributed by atoms with Crippen LogP contribution in [0.3, 0.4) is 0 Å².